The molecule has 0 fully saturated rings. The molecule has 1 aromatic carbocycles. The van der Waals surface area contributed by atoms with E-state index in [1.807, 2.05) is 0 Å². The van der Waals surface area contributed by atoms with Gasteiger partial charge in [-0.1, -0.05) is 11.6 Å². The molecule has 4 heteroatoms. The van der Waals surface area contributed by atoms with E-state index in [1.54, 1.807) is 18.2 Å². The van der Waals surface area contributed by atoms with Gasteiger partial charge in [-0.25, -0.2) is 0 Å². The van der Waals surface area contributed by atoms with Crippen LogP contribution in [0.1, 0.15) is 0 Å². The standard InChI is InChI=1S/C9H10ClNO2/c10-6-1-2-8-9(3-6)12-5-7(4-11)13-8/h1-3,7H,4-5,11H2/t7-/m0/s1. The van der Waals surface area contributed by atoms with Crippen LogP contribution in [0.25, 0.3) is 0 Å². The van der Waals surface area contributed by atoms with Crippen molar-refractivity contribution in [3.8, 4) is 11.5 Å². The minimum absolute atomic E-state index is 0.0475. The molecule has 0 aromatic heterocycles. The van der Waals surface area contributed by atoms with Crippen LogP contribution < -0.4 is 15.2 Å². The largest absolute Gasteiger partial charge is 0.486 e. The Hall–Kier alpha value is -0.930. The zero-order chi connectivity index (χ0) is 9.26. The minimum atomic E-state index is -0.0475. The lowest BCUT2D eigenvalue weighted by Gasteiger charge is -2.25. The molecule has 0 unspecified atom stereocenters. The first kappa shape index (κ1) is 8.66. The third-order valence-corrected chi connectivity index (χ3v) is 2.12. The lowest BCUT2D eigenvalue weighted by molar-refractivity contribution is 0.0969. The van der Waals surface area contributed by atoms with Crippen molar-refractivity contribution in [2.75, 3.05) is 13.2 Å². The highest BCUT2D eigenvalue weighted by molar-refractivity contribution is 6.30. The number of ether oxygens (including phenoxy) is 2. The van der Waals surface area contributed by atoms with Crippen molar-refractivity contribution in [3.63, 3.8) is 0 Å². The molecular weight excluding hydrogens is 190 g/mol. The molecular formula is C9H10ClNO2. The molecule has 1 aliphatic rings. The Labute approximate surface area is 81.4 Å². The van der Waals surface area contributed by atoms with E-state index in [4.69, 9.17) is 26.8 Å². The number of nitrogens with two attached hydrogens (primary N) is 1. The molecule has 0 saturated heterocycles. The highest BCUT2D eigenvalue weighted by Gasteiger charge is 2.19. The van der Waals surface area contributed by atoms with E-state index in [1.165, 1.54) is 0 Å². The van der Waals surface area contributed by atoms with E-state index in [-0.39, 0.29) is 6.10 Å². The Bertz CT molecular complexity index is 316. The summed E-state index contributed by atoms with van der Waals surface area (Å²) in [5, 5.41) is 0.647. The van der Waals surface area contributed by atoms with Gasteiger partial charge in [-0.2, -0.15) is 0 Å². The monoisotopic (exact) mass is 199 g/mol. The van der Waals surface area contributed by atoms with Gasteiger partial charge in [-0.15, -0.1) is 0 Å². The molecule has 1 heterocycles. The van der Waals surface area contributed by atoms with Crippen LogP contribution >= 0.6 is 11.6 Å². The molecule has 1 atom stereocenters. The molecule has 0 aliphatic carbocycles. The number of benzene rings is 1. The summed E-state index contributed by atoms with van der Waals surface area (Å²) in [5.74, 6) is 1.41. The van der Waals surface area contributed by atoms with Crippen LogP contribution in [0, 0.1) is 0 Å². The third-order valence-electron chi connectivity index (χ3n) is 1.89. The third kappa shape index (κ3) is 1.71. The minimum Gasteiger partial charge on any atom is -0.486 e. The van der Waals surface area contributed by atoms with E-state index >= 15 is 0 Å². The number of hydrogen-bond acceptors (Lipinski definition) is 3. The fraction of sp³-hybridized carbons (Fsp3) is 0.333. The van der Waals surface area contributed by atoms with Gasteiger partial charge in [0.2, 0.25) is 0 Å². The van der Waals surface area contributed by atoms with Crippen molar-refractivity contribution in [1.82, 2.24) is 0 Å². The van der Waals surface area contributed by atoms with E-state index in [0.29, 0.717) is 29.7 Å². The van der Waals surface area contributed by atoms with Crippen molar-refractivity contribution in [2.24, 2.45) is 5.73 Å². The molecule has 70 valence electrons. The Morgan fingerprint density at radius 2 is 2.31 bits per heavy atom. The van der Waals surface area contributed by atoms with Gasteiger partial charge in [0.05, 0.1) is 0 Å². The van der Waals surface area contributed by atoms with E-state index < -0.39 is 0 Å². The van der Waals surface area contributed by atoms with Gasteiger partial charge in [0.25, 0.3) is 0 Å². The first-order valence-corrected chi connectivity index (χ1v) is 4.46. The van der Waals surface area contributed by atoms with Crippen molar-refractivity contribution in [1.29, 1.82) is 0 Å². The zero-order valence-electron chi connectivity index (χ0n) is 7.00. The maximum atomic E-state index is 5.79. The summed E-state index contributed by atoms with van der Waals surface area (Å²) in [6, 6.07) is 5.30. The molecule has 0 spiro atoms. The zero-order valence-corrected chi connectivity index (χ0v) is 7.75. The van der Waals surface area contributed by atoms with Crippen LogP contribution in [0.2, 0.25) is 5.02 Å². The van der Waals surface area contributed by atoms with Crippen LogP contribution in [0.3, 0.4) is 0 Å². The molecule has 0 amide bonds. The average molecular weight is 200 g/mol. The summed E-state index contributed by atoms with van der Waals surface area (Å²) in [5.41, 5.74) is 5.46. The lowest BCUT2D eigenvalue weighted by Crippen LogP contribution is -2.35. The summed E-state index contributed by atoms with van der Waals surface area (Å²) in [6.45, 7) is 0.950. The van der Waals surface area contributed by atoms with E-state index in [0.717, 1.165) is 0 Å². The van der Waals surface area contributed by atoms with E-state index in [9.17, 15) is 0 Å². The first-order chi connectivity index (χ1) is 6.29. The second-order valence-corrected chi connectivity index (χ2v) is 3.31. The van der Waals surface area contributed by atoms with Crippen molar-refractivity contribution < 1.29 is 9.47 Å². The van der Waals surface area contributed by atoms with Gasteiger partial charge in [0.1, 0.15) is 12.7 Å². The van der Waals surface area contributed by atoms with Gasteiger partial charge >= 0.3 is 0 Å². The molecule has 2 N–H and O–H groups in total. The van der Waals surface area contributed by atoms with Gasteiger partial charge in [-0.3, -0.25) is 0 Å². The van der Waals surface area contributed by atoms with E-state index in [2.05, 4.69) is 0 Å². The normalized spacial score (nSPS) is 20.0. The molecule has 13 heavy (non-hydrogen) atoms. The molecule has 0 saturated carbocycles. The smallest absolute Gasteiger partial charge is 0.162 e. The van der Waals surface area contributed by atoms with Crippen molar-refractivity contribution in [3.05, 3.63) is 23.2 Å². The fourth-order valence-corrected chi connectivity index (χ4v) is 1.37. The Morgan fingerprint density at radius 3 is 3.08 bits per heavy atom. The molecule has 1 aromatic rings. The predicted octanol–water partition coefficient (Wildman–Crippen LogP) is 1.44. The summed E-state index contributed by atoms with van der Waals surface area (Å²) in [6.07, 6.45) is -0.0475. The summed E-state index contributed by atoms with van der Waals surface area (Å²) >= 11 is 5.79. The van der Waals surface area contributed by atoms with Crippen LogP contribution in [0.15, 0.2) is 18.2 Å². The molecule has 2 rings (SSSR count). The van der Waals surface area contributed by atoms with Crippen molar-refractivity contribution >= 4 is 11.6 Å². The van der Waals surface area contributed by atoms with Gasteiger partial charge < -0.3 is 15.2 Å². The van der Waals surface area contributed by atoms with Crippen LogP contribution in [0.5, 0.6) is 11.5 Å². The van der Waals surface area contributed by atoms with Crippen molar-refractivity contribution in [2.45, 2.75) is 6.10 Å². The predicted molar refractivity (Wildman–Crippen MR) is 50.4 cm³/mol. The second kappa shape index (κ2) is 3.44. The maximum Gasteiger partial charge on any atom is 0.162 e. The molecule has 3 nitrogen and oxygen atoms in total. The molecule has 0 radical (unpaired) electrons. The molecule has 1 aliphatic heterocycles. The SMILES string of the molecule is NC[C@H]1COc2cc(Cl)ccc2O1. The number of fused-ring (bicyclic) bond motifs is 1. The van der Waals surface area contributed by atoms with Crippen LogP contribution in [-0.4, -0.2) is 19.3 Å². The van der Waals surface area contributed by atoms with Gasteiger partial charge in [0.15, 0.2) is 11.5 Å². The Morgan fingerprint density at radius 1 is 1.46 bits per heavy atom. The summed E-state index contributed by atoms with van der Waals surface area (Å²) in [7, 11) is 0. The number of rotatable bonds is 1. The number of halogens is 1. The van der Waals surface area contributed by atoms with Crippen LogP contribution in [0.4, 0.5) is 0 Å². The highest BCUT2D eigenvalue weighted by Crippen LogP contribution is 2.33. The Balaban J connectivity index is 2.26. The lowest BCUT2D eigenvalue weighted by atomic mass is 10.2. The quantitative estimate of drug-likeness (QED) is 0.745. The highest BCUT2D eigenvalue weighted by atomic mass is 35.5. The number of hydrogen-bond donors (Lipinski definition) is 1. The maximum absolute atomic E-state index is 5.79. The average Bonchev–Trinajstić information content (AvgIpc) is 2.17. The van der Waals surface area contributed by atoms with Gasteiger partial charge in [0, 0.05) is 17.6 Å². The second-order valence-electron chi connectivity index (χ2n) is 2.88. The summed E-state index contributed by atoms with van der Waals surface area (Å²) in [4.78, 5) is 0. The molecule has 0 bridgehead atoms. The first-order valence-electron chi connectivity index (χ1n) is 4.08. The van der Waals surface area contributed by atoms with Gasteiger partial charge in [-0.05, 0) is 12.1 Å². The summed E-state index contributed by atoms with van der Waals surface area (Å²) < 4.78 is 10.9. The Kier molecular flexibility index (Phi) is 2.29. The topological polar surface area (TPSA) is 44.5 Å². The van der Waals surface area contributed by atoms with Crippen LogP contribution in [-0.2, 0) is 0 Å². The fourth-order valence-electron chi connectivity index (χ4n) is 1.20.